The van der Waals surface area contributed by atoms with Crippen LogP contribution in [0.2, 0.25) is 0 Å². The summed E-state index contributed by atoms with van der Waals surface area (Å²) in [6.45, 7) is 10.4. The first-order valence-electron chi connectivity index (χ1n) is 9.06. The molecular weight excluding hydrogens is 272 g/mol. The zero-order valence-corrected chi connectivity index (χ0v) is 14.8. The van der Waals surface area contributed by atoms with Crippen LogP contribution in [0.1, 0.15) is 85.0 Å². The molecule has 2 nitrogen and oxygen atoms in total. The fourth-order valence-electron chi connectivity index (χ4n) is 2.99. The number of esters is 1. The van der Waals surface area contributed by atoms with Crippen molar-refractivity contribution in [1.29, 1.82) is 0 Å². The summed E-state index contributed by atoms with van der Waals surface area (Å²) in [5.41, 5.74) is 2.39. The smallest absolute Gasteiger partial charge is 0.306 e. The molecule has 0 fully saturated rings. The predicted molar refractivity (Wildman–Crippen MR) is 93.8 cm³/mol. The van der Waals surface area contributed by atoms with Crippen LogP contribution in [0.4, 0.5) is 0 Å². The van der Waals surface area contributed by atoms with Gasteiger partial charge in [0.2, 0.25) is 0 Å². The van der Waals surface area contributed by atoms with Crippen LogP contribution in [0.25, 0.3) is 0 Å². The molecule has 126 valence electrons. The third kappa shape index (κ3) is 7.29. The molecule has 2 atom stereocenters. The topological polar surface area (TPSA) is 26.3 Å². The molecule has 0 saturated heterocycles. The van der Waals surface area contributed by atoms with Crippen LogP contribution < -0.4 is 0 Å². The van der Waals surface area contributed by atoms with Crippen molar-refractivity contribution < 1.29 is 9.53 Å². The highest BCUT2D eigenvalue weighted by Crippen LogP contribution is 2.30. The van der Waals surface area contributed by atoms with Crippen LogP contribution in [-0.4, -0.2) is 12.1 Å². The van der Waals surface area contributed by atoms with Gasteiger partial charge in [0.05, 0.1) is 0 Å². The highest BCUT2D eigenvalue weighted by Gasteiger charge is 2.25. The Labute approximate surface area is 137 Å². The lowest BCUT2D eigenvalue weighted by Crippen LogP contribution is -2.26. The summed E-state index contributed by atoms with van der Waals surface area (Å²) in [5, 5.41) is 0. The van der Waals surface area contributed by atoms with Gasteiger partial charge in [-0.3, -0.25) is 4.79 Å². The minimum Gasteiger partial charge on any atom is -0.458 e. The highest BCUT2D eigenvalue weighted by atomic mass is 16.5. The van der Waals surface area contributed by atoms with E-state index in [0.29, 0.717) is 12.3 Å². The Morgan fingerprint density at radius 1 is 1.23 bits per heavy atom. The van der Waals surface area contributed by atoms with E-state index in [2.05, 4.69) is 33.4 Å². The van der Waals surface area contributed by atoms with Crippen molar-refractivity contribution in [2.45, 2.75) is 91.1 Å². The van der Waals surface area contributed by atoms with Crippen molar-refractivity contribution in [3.05, 3.63) is 23.8 Å². The summed E-state index contributed by atoms with van der Waals surface area (Å²) in [4.78, 5) is 12.0. The summed E-state index contributed by atoms with van der Waals surface area (Å²) in [6, 6.07) is 0. The lowest BCUT2D eigenvalue weighted by molar-refractivity contribution is -0.148. The molecule has 1 rings (SSSR count). The molecule has 0 radical (unpaired) electrons. The summed E-state index contributed by atoms with van der Waals surface area (Å²) in [7, 11) is 0. The average molecular weight is 306 g/mol. The van der Waals surface area contributed by atoms with Gasteiger partial charge in [-0.25, -0.2) is 0 Å². The highest BCUT2D eigenvalue weighted by molar-refractivity contribution is 5.69. The lowest BCUT2D eigenvalue weighted by Gasteiger charge is -2.28. The molecule has 0 spiro atoms. The Kier molecular flexibility index (Phi) is 9.19. The molecule has 0 aromatic rings. The van der Waals surface area contributed by atoms with Gasteiger partial charge in [0.15, 0.2) is 0 Å². The largest absolute Gasteiger partial charge is 0.458 e. The Bertz CT molecular complexity index is 381. The van der Waals surface area contributed by atoms with Crippen LogP contribution in [0.15, 0.2) is 23.8 Å². The van der Waals surface area contributed by atoms with Crippen molar-refractivity contribution in [1.82, 2.24) is 0 Å². The van der Waals surface area contributed by atoms with Gasteiger partial charge in [0, 0.05) is 6.42 Å². The Morgan fingerprint density at radius 3 is 2.50 bits per heavy atom. The number of hydrogen-bond donors (Lipinski definition) is 0. The Balaban J connectivity index is 2.20. The van der Waals surface area contributed by atoms with Gasteiger partial charge < -0.3 is 4.74 Å². The van der Waals surface area contributed by atoms with E-state index in [9.17, 15) is 4.79 Å². The van der Waals surface area contributed by atoms with E-state index >= 15 is 0 Å². The molecule has 0 saturated carbocycles. The number of allylic oxidation sites excluding steroid dienone is 2. The minimum atomic E-state index is -0.0347. The quantitative estimate of drug-likeness (QED) is 0.282. The van der Waals surface area contributed by atoms with Crippen LogP contribution in [0.3, 0.4) is 0 Å². The molecule has 2 heteroatoms. The second-order valence-corrected chi connectivity index (χ2v) is 6.81. The first-order chi connectivity index (χ1) is 10.5. The standard InChI is InChI=1S/C20H34O2/c1-5-6-7-8-9-10-11-12-20(21)22-19-15-18(16(2)3)14-13-17(19)4/h13,18-19H,2,5-12,14-15H2,1,3-4H3/t18-,19+/m1/s1. The van der Waals surface area contributed by atoms with Crippen molar-refractivity contribution in [2.24, 2.45) is 5.92 Å². The van der Waals surface area contributed by atoms with E-state index in [1.165, 1.54) is 43.3 Å². The number of ether oxygens (including phenoxy) is 1. The molecule has 0 unspecified atom stereocenters. The number of unbranched alkanes of at least 4 members (excludes halogenated alkanes) is 6. The number of hydrogen-bond acceptors (Lipinski definition) is 2. The number of rotatable bonds is 10. The van der Waals surface area contributed by atoms with Crippen molar-refractivity contribution in [2.75, 3.05) is 0 Å². The molecule has 0 aromatic heterocycles. The van der Waals surface area contributed by atoms with E-state index in [1.54, 1.807) is 0 Å². The second-order valence-electron chi connectivity index (χ2n) is 6.81. The zero-order chi connectivity index (χ0) is 16.4. The summed E-state index contributed by atoms with van der Waals surface area (Å²) in [5.74, 6) is 0.425. The van der Waals surface area contributed by atoms with Crippen LogP contribution in [0, 0.1) is 5.92 Å². The van der Waals surface area contributed by atoms with E-state index in [4.69, 9.17) is 4.74 Å². The first kappa shape index (κ1) is 19.0. The van der Waals surface area contributed by atoms with Gasteiger partial charge in [-0.15, -0.1) is 0 Å². The minimum absolute atomic E-state index is 0.0336. The average Bonchev–Trinajstić information content (AvgIpc) is 2.48. The Morgan fingerprint density at radius 2 is 1.86 bits per heavy atom. The molecular formula is C20H34O2. The van der Waals surface area contributed by atoms with Gasteiger partial charge >= 0.3 is 5.97 Å². The maximum absolute atomic E-state index is 12.0. The normalized spacial score (nSPS) is 21.3. The van der Waals surface area contributed by atoms with Gasteiger partial charge in [0.1, 0.15) is 6.10 Å². The van der Waals surface area contributed by atoms with Crippen molar-refractivity contribution >= 4 is 5.97 Å². The monoisotopic (exact) mass is 306 g/mol. The van der Waals surface area contributed by atoms with Gasteiger partial charge in [-0.2, -0.15) is 0 Å². The second kappa shape index (κ2) is 10.6. The van der Waals surface area contributed by atoms with E-state index in [-0.39, 0.29) is 12.1 Å². The van der Waals surface area contributed by atoms with Gasteiger partial charge in [0.25, 0.3) is 0 Å². The molecule has 0 amide bonds. The summed E-state index contributed by atoms with van der Waals surface area (Å²) >= 11 is 0. The predicted octanol–water partition coefficient (Wildman–Crippen LogP) is 5.97. The van der Waals surface area contributed by atoms with E-state index in [0.717, 1.165) is 25.7 Å². The molecule has 0 heterocycles. The molecule has 22 heavy (non-hydrogen) atoms. The van der Waals surface area contributed by atoms with Crippen molar-refractivity contribution in [3.63, 3.8) is 0 Å². The van der Waals surface area contributed by atoms with Crippen LogP contribution in [0.5, 0.6) is 0 Å². The lowest BCUT2D eigenvalue weighted by atomic mass is 9.84. The van der Waals surface area contributed by atoms with Crippen LogP contribution >= 0.6 is 0 Å². The maximum atomic E-state index is 12.0. The number of carbonyl (C=O) groups excluding carboxylic acids is 1. The molecule has 0 aliphatic heterocycles. The summed E-state index contributed by atoms with van der Waals surface area (Å²) in [6.07, 6.45) is 13.3. The van der Waals surface area contributed by atoms with Crippen LogP contribution in [-0.2, 0) is 9.53 Å². The van der Waals surface area contributed by atoms with E-state index in [1.807, 2.05) is 0 Å². The molecule has 1 aliphatic rings. The molecule has 0 aromatic carbocycles. The Hall–Kier alpha value is -1.05. The maximum Gasteiger partial charge on any atom is 0.306 e. The molecule has 0 N–H and O–H groups in total. The van der Waals surface area contributed by atoms with Crippen molar-refractivity contribution in [3.8, 4) is 0 Å². The fourth-order valence-corrected chi connectivity index (χ4v) is 2.99. The third-order valence-electron chi connectivity index (χ3n) is 4.69. The molecule has 0 bridgehead atoms. The van der Waals surface area contributed by atoms with E-state index < -0.39 is 0 Å². The summed E-state index contributed by atoms with van der Waals surface area (Å²) < 4.78 is 5.68. The first-order valence-corrected chi connectivity index (χ1v) is 9.06. The SMILES string of the molecule is C=C(C)[C@@H]1CC=C(C)[C@@H](OC(=O)CCCCCCCCC)C1. The third-order valence-corrected chi connectivity index (χ3v) is 4.69. The zero-order valence-electron chi connectivity index (χ0n) is 14.8. The van der Waals surface area contributed by atoms with Gasteiger partial charge in [-0.1, -0.05) is 63.7 Å². The fraction of sp³-hybridized carbons (Fsp3) is 0.750. The van der Waals surface area contributed by atoms with Gasteiger partial charge in [-0.05, 0) is 44.6 Å². The number of carbonyl (C=O) groups is 1. The molecule has 1 aliphatic carbocycles.